The van der Waals surface area contributed by atoms with Crippen molar-refractivity contribution in [2.24, 2.45) is 17.3 Å². The van der Waals surface area contributed by atoms with E-state index in [1.165, 1.54) is 0 Å². The van der Waals surface area contributed by atoms with Gasteiger partial charge in [0.25, 0.3) is 0 Å². The number of piperidine rings is 2. The molecule has 3 amide bonds. The number of nitrogens with one attached hydrogen (secondary N) is 1. The van der Waals surface area contributed by atoms with Crippen LogP contribution in [0.15, 0.2) is 12.2 Å². The van der Waals surface area contributed by atoms with Crippen molar-refractivity contribution >= 4 is 29.8 Å². The van der Waals surface area contributed by atoms with Crippen molar-refractivity contribution in [3.8, 4) is 12.3 Å². The third-order valence-electron chi connectivity index (χ3n) is 6.72. The van der Waals surface area contributed by atoms with Crippen LogP contribution in [0.4, 0.5) is 4.79 Å². The lowest BCUT2D eigenvalue weighted by atomic mass is 9.95. The second-order valence-corrected chi connectivity index (χ2v) is 12.5. The van der Waals surface area contributed by atoms with Gasteiger partial charge < -0.3 is 29.3 Å². The van der Waals surface area contributed by atoms with Gasteiger partial charge >= 0.3 is 18.0 Å². The highest BCUT2D eigenvalue weighted by Gasteiger charge is 2.30. The number of carbonyl (C=O) groups is 5. The maximum absolute atomic E-state index is 12.9. The van der Waals surface area contributed by atoms with E-state index in [4.69, 9.17) is 20.6 Å². The number of rotatable bonds is 8. The topological polar surface area (TPSA) is 132 Å². The first-order chi connectivity index (χ1) is 19.1. The van der Waals surface area contributed by atoms with Crippen LogP contribution in [0.3, 0.4) is 0 Å². The molecule has 0 aromatic rings. The van der Waals surface area contributed by atoms with Crippen LogP contribution in [0.2, 0.25) is 0 Å². The summed E-state index contributed by atoms with van der Waals surface area (Å²) in [5.74, 6) is 0.361. The number of allylic oxidation sites excluding steroid dienone is 1. The zero-order valence-electron chi connectivity index (χ0n) is 25.2. The fraction of sp³-hybridized carbons (Fsp3) is 0.700. The minimum absolute atomic E-state index is 0.168. The molecule has 2 aliphatic rings. The van der Waals surface area contributed by atoms with E-state index < -0.39 is 41.7 Å². The molecule has 2 atom stereocenters. The number of ether oxygens (including phenoxy) is 3. The van der Waals surface area contributed by atoms with Gasteiger partial charge in [-0.15, -0.1) is 6.42 Å². The molecule has 2 saturated heterocycles. The Hall–Kier alpha value is -3.55. The molecule has 41 heavy (non-hydrogen) atoms. The van der Waals surface area contributed by atoms with Gasteiger partial charge in [-0.3, -0.25) is 19.2 Å². The number of nitrogens with zero attached hydrogens (tertiary/aromatic N) is 2. The minimum Gasteiger partial charge on any atom is -0.444 e. The number of esters is 2. The van der Waals surface area contributed by atoms with Gasteiger partial charge in [-0.25, -0.2) is 4.79 Å². The lowest BCUT2D eigenvalue weighted by molar-refractivity contribution is -0.173. The highest BCUT2D eigenvalue weighted by atomic mass is 16.7. The normalized spacial score (nSPS) is 19.2. The maximum atomic E-state index is 12.9. The summed E-state index contributed by atoms with van der Waals surface area (Å²) in [6, 6.07) is -0.897. The Kier molecular flexibility index (Phi) is 12.2. The fourth-order valence-corrected chi connectivity index (χ4v) is 4.35. The molecule has 0 bridgehead atoms. The summed E-state index contributed by atoms with van der Waals surface area (Å²) in [5.41, 5.74) is -1.27. The van der Waals surface area contributed by atoms with Crippen molar-refractivity contribution in [1.29, 1.82) is 0 Å². The van der Waals surface area contributed by atoms with Crippen molar-refractivity contribution < 1.29 is 38.2 Å². The molecule has 2 aliphatic heterocycles. The van der Waals surface area contributed by atoms with Gasteiger partial charge in [0.15, 0.2) is 0 Å². The van der Waals surface area contributed by atoms with E-state index in [9.17, 15) is 24.0 Å². The van der Waals surface area contributed by atoms with Crippen molar-refractivity contribution in [2.75, 3.05) is 33.0 Å². The van der Waals surface area contributed by atoms with Gasteiger partial charge in [0.2, 0.25) is 18.6 Å². The van der Waals surface area contributed by atoms with E-state index >= 15 is 0 Å². The smallest absolute Gasteiger partial charge is 0.410 e. The summed E-state index contributed by atoms with van der Waals surface area (Å²) in [6.45, 7) is 11.9. The monoisotopic (exact) mass is 575 g/mol. The number of carbonyl (C=O) groups excluding carboxylic acids is 5. The molecule has 1 unspecified atom stereocenters. The van der Waals surface area contributed by atoms with Crippen molar-refractivity contribution in [1.82, 2.24) is 15.1 Å². The second-order valence-electron chi connectivity index (χ2n) is 12.5. The molecular formula is C30H45N3O8. The molecule has 11 nitrogen and oxygen atoms in total. The number of likely N-dealkylation sites (tertiary alicyclic amines) is 2. The first kappa shape index (κ1) is 33.7. The summed E-state index contributed by atoms with van der Waals surface area (Å²) in [4.78, 5) is 65.2. The van der Waals surface area contributed by atoms with Crippen LogP contribution < -0.4 is 5.32 Å². The SMILES string of the molecule is C#CC(CC(=O)OCOC(=O)C(C)(C)C)NC(=O)[C@@H]1CCCN(C(=O)/C=C/C2CCN(C(=O)OC(C)(C)C)CC2)C1. The molecule has 1 N–H and O–H groups in total. The molecule has 2 rings (SSSR count). The second kappa shape index (κ2) is 14.9. The highest BCUT2D eigenvalue weighted by Crippen LogP contribution is 2.22. The van der Waals surface area contributed by atoms with E-state index in [2.05, 4.69) is 11.2 Å². The van der Waals surface area contributed by atoms with E-state index in [1.54, 1.807) is 36.6 Å². The van der Waals surface area contributed by atoms with Crippen molar-refractivity contribution in [3.63, 3.8) is 0 Å². The maximum Gasteiger partial charge on any atom is 0.410 e. The molecule has 0 aliphatic carbocycles. The zero-order chi connectivity index (χ0) is 30.8. The summed E-state index contributed by atoms with van der Waals surface area (Å²) in [7, 11) is 0. The Bertz CT molecular complexity index is 1030. The molecule has 228 valence electrons. The summed E-state index contributed by atoms with van der Waals surface area (Å²) >= 11 is 0. The third kappa shape index (κ3) is 11.8. The van der Waals surface area contributed by atoms with E-state index in [0.29, 0.717) is 32.5 Å². The third-order valence-corrected chi connectivity index (χ3v) is 6.72. The van der Waals surface area contributed by atoms with E-state index in [0.717, 1.165) is 12.8 Å². The van der Waals surface area contributed by atoms with Crippen LogP contribution in [0.1, 0.15) is 73.6 Å². The van der Waals surface area contributed by atoms with Crippen LogP contribution in [0, 0.1) is 29.6 Å². The van der Waals surface area contributed by atoms with Crippen LogP contribution in [0.25, 0.3) is 0 Å². The molecule has 2 fully saturated rings. The molecular weight excluding hydrogens is 530 g/mol. The van der Waals surface area contributed by atoms with Gasteiger partial charge in [0.05, 0.1) is 17.8 Å². The Labute approximate surface area is 243 Å². The summed E-state index contributed by atoms with van der Waals surface area (Å²) < 4.78 is 15.2. The van der Waals surface area contributed by atoms with Gasteiger partial charge in [0, 0.05) is 26.2 Å². The average Bonchev–Trinajstić information content (AvgIpc) is 2.90. The Morgan fingerprint density at radius 2 is 1.63 bits per heavy atom. The fourth-order valence-electron chi connectivity index (χ4n) is 4.35. The van der Waals surface area contributed by atoms with Crippen molar-refractivity contribution in [2.45, 2.75) is 85.3 Å². The average molecular weight is 576 g/mol. The van der Waals surface area contributed by atoms with Crippen LogP contribution >= 0.6 is 0 Å². The molecule has 0 radical (unpaired) electrons. The molecule has 2 heterocycles. The first-order valence-electron chi connectivity index (χ1n) is 14.1. The lowest BCUT2D eigenvalue weighted by Crippen LogP contribution is -2.47. The predicted octanol–water partition coefficient (Wildman–Crippen LogP) is 3.03. The molecule has 0 spiro atoms. The Morgan fingerprint density at radius 1 is 0.976 bits per heavy atom. The number of amides is 3. The zero-order valence-corrected chi connectivity index (χ0v) is 25.2. The molecule has 0 aromatic heterocycles. The lowest BCUT2D eigenvalue weighted by Gasteiger charge is -2.33. The minimum atomic E-state index is -0.897. The quantitative estimate of drug-likeness (QED) is 0.202. The molecule has 11 heteroatoms. The Morgan fingerprint density at radius 3 is 2.22 bits per heavy atom. The van der Waals surface area contributed by atoms with E-state index in [1.807, 2.05) is 26.8 Å². The standard InChI is InChI=1S/C30H45N3O8/c1-8-23(18-25(35)39-20-40-27(37)29(2,3)4)31-26(36)22-10-9-15-33(19-22)24(34)12-11-21-13-16-32(17-14-21)28(38)41-30(5,6)7/h1,11-12,21-23H,9-10,13-20H2,2-7H3,(H,31,36)/b12-11+/t22-,23?/m1/s1. The van der Waals surface area contributed by atoms with Gasteiger partial charge in [0.1, 0.15) is 11.6 Å². The van der Waals surface area contributed by atoms with Gasteiger partial charge in [-0.05, 0) is 79.2 Å². The highest BCUT2D eigenvalue weighted by molar-refractivity contribution is 5.88. The molecule has 0 saturated carbocycles. The van der Waals surface area contributed by atoms with Gasteiger partial charge in [-0.2, -0.15) is 0 Å². The largest absolute Gasteiger partial charge is 0.444 e. The predicted molar refractivity (Wildman–Crippen MR) is 151 cm³/mol. The summed E-state index contributed by atoms with van der Waals surface area (Å²) in [6.07, 6.45) is 11.1. The summed E-state index contributed by atoms with van der Waals surface area (Å²) in [5, 5.41) is 2.68. The van der Waals surface area contributed by atoms with Crippen molar-refractivity contribution in [3.05, 3.63) is 12.2 Å². The number of hydrogen-bond acceptors (Lipinski definition) is 8. The van der Waals surface area contributed by atoms with Crippen LogP contribution in [-0.4, -0.2) is 84.3 Å². The number of hydrogen-bond donors (Lipinski definition) is 1. The number of terminal acetylenes is 1. The van der Waals surface area contributed by atoms with E-state index in [-0.39, 0.29) is 36.8 Å². The molecule has 0 aromatic carbocycles. The Balaban J connectivity index is 1.78. The van der Waals surface area contributed by atoms with Gasteiger partial charge in [-0.1, -0.05) is 12.0 Å². The van der Waals surface area contributed by atoms with Crippen LogP contribution in [0.5, 0.6) is 0 Å². The van der Waals surface area contributed by atoms with Crippen LogP contribution in [-0.2, 0) is 33.4 Å². The first-order valence-corrected chi connectivity index (χ1v) is 14.1.